The molecule has 5 rings (SSSR count). The highest BCUT2D eigenvalue weighted by molar-refractivity contribution is 6.31. The molecule has 0 saturated heterocycles. The summed E-state index contributed by atoms with van der Waals surface area (Å²) in [5.74, 6) is 2.59. The Hall–Kier alpha value is -3.76. The van der Waals surface area contributed by atoms with Crippen LogP contribution in [0.4, 0.5) is 0 Å². The zero-order chi connectivity index (χ0) is 22.8. The number of rotatable bonds is 5. The van der Waals surface area contributed by atoms with E-state index in [0.29, 0.717) is 28.3 Å². The molecule has 0 atom stereocenters. The van der Waals surface area contributed by atoms with Gasteiger partial charge in [0.05, 0.1) is 0 Å². The van der Waals surface area contributed by atoms with E-state index < -0.39 is 0 Å². The highest BCUT2D eigenvalue weighted by Crippen LogP contribution is 2.33. The molecule has 0 unspecified atom stereocenters. The Balaban J connectivity index is 1.68. The van der Waals surface area contributed by atoms with E-state index in [2.05, 4.69) is 24.8 Å². The van der Waals surface area contributed by atoms with Gasteiger partial charge in [-0.3, -0.25) is 0 Å². The van der Waals surface area contributed by atoms with Crippen LogP contribution in [0.3, 0.4) is 0 Å². The van der Waals surface area contributed by atoms with Crippen LogP contribution in [0.5, 0.6) is 0 Å². The van der Waals surface area contributed by atoms with Crippen LogP contribution < -0.4 is 0 Å². The summed E-state index contributed by atoms with van der Waals surface area (Å²) >= 11 is 6.09. The molecule has 1 aliphatic carbocycles. The molecule has 33 heavy (non-hydrogen) atoms. The van der Waals surface area contributed by atoms with Gasteiger partial charge in [0.25, 0.3) is 0 Å². The Kier molecular flexibility index (Phi) is 5.76. The van der Waals surface area contributed by atoms with Crippen molar-refractivity contribution in [2.75, 3.05) is 0 Å². The summed E-state index contributed by atoms with van der Waals surface area (Å²) in [6, 6.07) is 15.9. The lowest BCUT2D eigenvalue weighted by molar-refractivity contribution is 0.603. The molecule has 2 heterocycles. The molecule has 0 radical (unpaired) electrons. The molecule has 1 aliphatic rings. The fourth-order valence-electron chi connectivity index (χ4n) is 3.90. The normalized spacial score (nSPS) is 13.9. The van der Waals surface area contributed by atoms with Crippen LogP contribution in [0.1, 0.15) is 36.9 Å². The lowest BCUT2D eigenvalue weighted by atomic mass is 10.1. The van der Waals surface area contributed by atoms with Gasteiger partial charge in [-0.1, -0.05) is 78.9 Å². The maximum atomic E-state index is 6.10. The number of aromatic nitrogens is 3. The Labute approximate surface area is 197 Å². The number of nitrogens with zero attached hydrogens (tertiary/aromatic N) is 3. The van der Waals surface area contributed by atoms with E-state index in [9.17, 15) is 0 Å². The van der Waals surface area contributed by atoms with Gasteiger partial charge < -0.3 is 4.42 Å². The van der Waals surface area contributed by atoms with Gasteiger partial charge in [0, 0.05) is 32.7 Å². The summed E-state index contributed by atoms with van der Waals surface area (Å²) in [5, 5.41) is 1.61. The van der Waals surface area contributed by atoms with Crippen LogP contribution in [0.2, 0.25) is 0 Å². The van der Waals surface area contributed by atoms with E-state index >= 15 is 0 Å². The molecule has 162 valence electrons. The topological polar surface area (TPSA) is 51.8 Å². The number of hydrogen-bond donors (Lipinski definition) is 0. The minimum atomic E-state index is 0.600. The zero-order valence-corrected chi connectivity index (χ0v) is 19.0. The van der Waals surface area contributed by atoms with E-state index in [1.807, 2.05) is 55.5 Å². The van der Waals surface area contributed by atoms with Gasteiger partial charge in [0.1, 0.15) is 11.3 Å². The van der Waals surface area contributed by atoms with Gasteiger partial charge in [-0.25, -0.2) is 15.0 Å². The van der Waals surface area contributed by atoms with Crippen molar-refractivity contribution in [1.29, 1.82) is 0 Å². The summed E-state index contributed by atoms with van der Waals surface area (Å²) in [5.41, 5.74) is 4.45. The molecular formula is C28H22ClN3O. The van der Waals surface area contributed by atoms with Crippen LogP contribution in [0.15, 0.2) is 82.8 Å². The molecule has 2 aromatic heterocycles. The first kappa shape index (κ1) is 21.1. The summed E-state index contributed by atoms with van der Waals surface area (Å²) in [4.78, 5) is 14.4. The summed E-state index contributed by atoms with van der Waals surface area (Å²) in [7, 11) is 0. The Morgan fingerprint density at radius 2 is 1.73 bits per heavy atom. The molecule has 2 aromatic carbocycles. The number of halogens is 1. The largest absolute Gasteiger partial charge is 0.456 e. The Bertz CT molecular complexity index is 1440. The average Bonchev–Trinajstić information content (AvgIpc) is 3.20. The number of fused-ring (bicyclic) bond motifs is 1. The first-order valence-electron chi connectivity index (χ1n) is 10.8. The molecule has 0 amide bonds. The van der Waals surface area contributed by atoms with Gasteiger partial charge in [-0.05, 0) is 38.0 Å². The number of furan rings is 1. The maximum Gasteiger partial charge on any atom is 0.164 e. The molecule has 0 saturated carbocycles. The summed E-state index contributed by atoms with van der Waals surface area (Å²) < 4.78 is 6.10. The lowest BCUT2D eigenvalue weighted by Crippen LogP contribution is -2.03. The third-order valence-corrected chi connectivity index (χ3v) is 5.58. The van der Waals surface area contributed by atoms with E-state index in [1.165, 1.54) is 0 Å². The number of allylic oxidation sites excluding steroid dienone is 5. The van der Waals surface area contributed by atoms with Gasteiger partial charge in [-0.15, -0.1) is 0 Å². The van der Waals surface area contributed by atoms with Crippen LogP contribution in [0, 0.1) is 0 Å². The predicted molar refractivity (Wildman–Crippen MR) is 136 cm³/mol. The maximum absolute atomic E-state index is 6.10. The second-order valence-electron chi connectivity index (χ2n) is 7.84. The summed E-state index contributed by atoms with van der Waals surface area (Å²) in [6.07, 6.45) is 12.0. The van der Waals surface area contributed by atoms with Gasteiger partial charge >= 0.3 is 0 Å². The quantitative estimate of drug-likeness (QED) is 0.309. The van der Waals surface area contributed by atoms with Crippen molar-refractivity contribution in [2.45, 2.75) is 19.8 Å². The van der Waals surface area contributed by atoms with E-state index in [4.69, 9.17) is 31.0 Å². The van der Waals surface area contributed by atoms with Gasteiger partial charge in [-0.2, -0.15) is 0 Å². The van der Waals surface area contributed by atoms with E-state index in [1.54, 1.807) is 12.2 Å². The van der Waals surface area contributed by atoms with Crippen LogP contribution >= 0.6 is 11.6 Å². The number of hydrogen-bond acceptors (Lipinski definition) is 4. The minimum absolute atomic E-state index is 0.600. The Morgan fingerprint density at radius 3 is 2.42 bits per heavy atom. The second kappa shape index (κ2) is 9.00. The van der Waals surface area contributed by atoms with E-state index in [0.717, 1.165) is 46.1 Å². The van der Waals surface area contributed by atoms with E-state index in [-0.39, 0.29) is 0 Å². The zero-order valence-electron chi connectivity index (χ0n) is 18.3. The first-order chi connectivity index (χ1) is 16.1. The fraction of sp³-hybridized carbons (Fsp3) is 0.107. The van der Waals surface area contributed by atoms with Crippen molar-refractivity contribution in [3.8, 4) is 22.8 Å². The lowest BCUT2D eigenvalue weighted by Gasteiger charge is -2.10. The molecular weight excluding hydrogens is 430 g/mol. The summed E-state index contributed by atoms with van der Waals surface area (Å²) in [6.45, 7) is 5.75. The van der Waals surface area contributed by atoms with Crippen molar-refractivity contribution < 1.29 is 4.42 Å². The SMILES string of the molecule is C=Cc1c(/C=C(\C)Cl)oc2cc(-c3nc(C4=CCCC=C4)nc(-c4ccccc4)n3)ccc12. The minimum Gasteiger partial charge on any atom is -0.456 e. The molecule has 5 heteroatoms. The van der Waals surface area contributed by atoms with Gasteiger partial charge in [0.2, 0.25) is 0 Å². The van der Waals surface area contributed by atoms with Crippen LogP contribution in [-0.2, 0) is 0 Å². The third kappa shape index (κ3) is 4.30. The van der Waals surface area contributed by atoms with Crippen molar-refractivity contribution in [3.63, 3.8) is 0 Å². The third-order valence-electron chi connectivity index (χ3n) is 5.47. The molecule has 4 aromatic rings. The van der Waals surface area contributed by atoms with Crippen LogP contribution in [-0.4, -0.2) is 15.0 Å². The second-order valence-corrected chi connectivity index (χ2v) is 8.43. The van der Waals surface area contributed by atoms with Crippen LogP contribution in [0.25, 0.3) is 51.5 Å². The van der Waals surface area contributed by atoms with Crippen molar-refractivity contribution in [3.05, 3.63) is 95.5 Å². The molecule has 0 spiro atoms. The van der Waals surface area contributed by atoms with Crippen molar-refractivity contribution >= 4 is 40.3 Å². The van der Waals surface area contributed by atoms with Crippen molar-refractivity contribution in [2.24, 2.45) is 0 Å². The molecule has 4 nitrogen and oxygen atoms in total. The fourth-order valence-corrected chi connectivity index (χ4v) is 4.00. The molecule has 0 N–H and O–H groups in total. The molecule has 0 bridgehead atoms. The van der Waals surface area contributed by atoms with Crippen molar-refractivity contribution in [1.82, 2.24) is 15.0 Å². The van der Waals surface area contributed by atoms with Gasteiger partial charge in [0.15, 0.2) is 17.5 Å². The highest BCUT2D eigenvalue weighted by atomic mass is 35.5. The smallest absolute Gasteiger partial charge is 0.164 e. The average molecular weight is 452 g/mol. The first-order valence-corrected chi connectivity index (χ1v) is 11.2. The monoisotopic (exact) mass is 451 g/mol. The predicted octanol–water partition coefficient (Wildman–Crippen LogP) is 7.93. The molecule has 0 aliphatic heterocycles. The standard InChI is InChI=1S/C28H22ClN3O/c1-3-22-23-15-14-21(17-25(23)33-24(22)16-18(2)29)28-31-26(19-10-6-4-7-11-19)30-27(32-28)20-12-8-5-9-13-20/h3-4,6-8,10-17H,1,5,9H2,2H3/b18-16+. The Morgan fingerprint density at radius 1 is 0.970 bits per heavy atom. The highest BCUT2D eigenvalue weighted by Gasteiger charge is 2.16. The number of benzene rings is 2. The molecule has 0 fully saturated rings.